The Labute approximate surface area is 120 Å². The molecule has 1 aliphatic rings. The molecule has 1 saturated heterocycles. The van der Waals surface area contributed by atoms with Gasteiger partial charge in [0.25, 0.3) is 0 Å². The van der Waals surface area contributed by atoms with Crippen LogP contribution in [0.5, 0.6) is 0 Å². The molecule has 0 aliphatic carbocycles. The van der Waals surface area contributed by atoms with Crippen molar-refractivity contribution in [3.63, 3.8) is 0 Å². The number of anilines is 2. The fourth-order valence-corrected chi connectivity index (χ4v) is 2.68. The maximum Gasteiger partial charge on any atom is 0.150 e. The topological polar surface area (TPSA) is 76.5 Å². The molecule has 1 aromatic heterocycles. The number of piperidine rings is 1. The highest BCUT2D eigenvalue weighted by Gasteiger charge is 2.25. The first-order chi connectivity index (χ1) is 9.54. The Morgan fingerprint density at radius 1 is 1.40 bits per heavy atom. The highest BCUT2D eigenvalue weighted by atomic mass is 16.5. The number of aliphatic hydroxyl groups is 1. The van der Waals surface area contributed by atoms with Crippen LogP contribution in [0.15, 0.2) is 0 Å². The smallest absolute Gasteiger partial charge is 0.150 e. The molecule has 0 saturated carbocycles. The second-order valence-electron chi connectivity index (χ2n) is 5.64. The van der Waals surface area contributed by atoms with Crippen LogP contribution in [0, 0.1) is 6.92 Å². The van der Waals surface area contributed by atoms with Crippen molar-refractivity contribution >= 4 is 11.5 Å². The fraction of sp³-hybridized carbons (Fsp3) is 0.786. The minimum Gasteiger partial charge on any atom is -0.394 e. The number of aromatic nitrogens is 2. The van der Waals surface area contributed by atoms with Crippen LogP contribution in [0.1, 0.15) is 38.4 Å². The molecule has 0 amide bonds. The third kappa shape index (κ3) is 3.07. The van der Waals surface area contributed by atoms with Gasteiger partial charge in [0.15, 0.2) is 5.82 Å². The third-order valence-electron chi connectivity index (χ3n) is 3.78. The molecule has 1 fully saturated rings. The van der Waals surface area contributed by atoms with Gasteiger partial charge in [-0.15, -0.1) is 0 Å². The fourth-order valence-electron chi connectivity index (χ4n) is 2.68. The lowest BCUT2D eigenvalue weighted by Gasteiger charge is -2.34. The summed E-state index contributed by atoms with van der Waals surface area (Å²) in [5.41, 5.74) is 7.88. The van der Waals surface area contributed by atoms with E-state index in [1.165, 1.54) is 0 Å². The van der Waals surface area contributed by atoms with Gasteiger partial charge in [-0.2, -0.15) is 5.10 Å². The van der Waals surface area contributed by atoms with Crippen molar-refractivity contribution in [1.82, 2.24) is 9.78 Å². The molecule has 0 bridgehead atoms. The van der Waals surface area contributed by atoms with Gasteiger partial charge in [-0.3, -0.25) is 0 Å². The Morgan fingerprint density at radius 2 is 2.05 bits per heavy atom. The second kappa shape index (κ2) is 6.45. The monoisotopic (exact) mass is 282 g/mol. The van der Waals surface area contributed by atoms with E-state index in [1.807, 2.05) is 11.6 Å². The first-order valence-corrected chi connectivity index (χ1v) is 7.36. The SMILES string of the molecule is Cc1nn(C(C)C)c(N2CCC(OCCO)CC2)c1N. The first-order valence-electron chi connectivity index (χ1n) is 7.36. The summed E-state index contributed by atoms with van der Waals surface area (Å²) >= 11 is 0. The highest BCUT2D eigenvalue weighted by molar-refractivity contribution is 5.66. The summed E-state index contributed by atoms with van der Waals surface area (Å²) in [4.78, 5) is 2.30. The van der Waals surface area contributed by atoms with Crippen molar-refractivity contribution < 1.29 is 9.84 Å². The third-order valence-corrected chi connectivity index (χ3v) is 3.78. The van der Waals surface area contributed by atoms with Gasteiger partial charge in [0.1, 0.15) is 0 Å². The lowest BCUT2D eigenvalue weighted by Crippen LogP contribution is -2.39. The lowest BCUT2D eigenvalue weighted by atomic mass is 10.1. The minimum atomic E-state index is 0.0898. The molecule has 0 spiro atoms. The molecule has 20 heavy (non-hydrogen) atoms. The quantitative estimate of drug-likeness (QED) is 0.852. The van der Waals surface area contributed by atoms with Crippen molar-refractivity contribution in [3.05, 3.63) is 5.69 Å². The van der Waals surface area contributed by atoms with Crippen LogP contribution >= 0.6 is 0 Å². The number of nitrogens with zero attached hydrogens (tertiary/aromatic N) is 3. The van der Waals surface area contributed by atoms with E-state index in [1.54, 1.807) is 0 Å². The van der Waals surface area contributed by atoms with Gasteiger partial charge in [-0.25, -0.2) is 4.68 Å². The molecule has 6 nitrogen and oxygen atoms in total. The summed E-state index contributed by atoms with van der Waals surface area (Å²) in [6, 6.07) is 0.296. The number of nitrogens with two attached hydrogens (primary N) is 1. The average molecular weight is 282 g/mol. The Balaban J connectivity index is 2.07. The van der Waals surface area contributed by atoms with E-state index in [-0.39, 0.29) is 12.7 Å². The maximum absolute atomic E-state index is 8.80. The number of aryl methyl sites for hydroxylation is 1. The molecule has 0 aromatic carbocycles. The van der Waals surface area contributed by atoms with Crippen molar-refractivity contribution in [2.24, 2.45) is 0 Å². The van der Waals surface area contributed by atoms with Crippen LogP contribution < -0.4 is 10.6 Å². The summed E-state index contributed by atoms with van der Waals surface area (Å²) in [6.45, 7) is 8.53. The average Bonchev–Trinajstić information content (AvgIpc) is 2.74. The Kier molecular flexibility index (Phi) is 4.88. The van der Waals surface area contributed by atoms with Crippen LogP contribution in [0.4, 0.5) is 11.5 Å². The van der Waals surface area contributed by atoms with Crippen molar-refractivity contribution in [3.8, 4) is 0 Å². The number of hydrogen-bond acceptors (Lipinski definition) is 5. The molecule has 3 N–H and O–H groups in total. The maximum atomic E-state index is 8.80. The summed E-state index contributed by atoms with van der Waals surface area (Å²) < 4.78 is 7.61. The summed E-state index contributed by atoms with van der Waals surface area (Å²) in [6.07, 6.45) is 2.17. The van der Waals surface area contributed by atoms with E-state index in [9.17, 15) is 0 Å². The van der Waals surface area contributed by atoms with Crippen LogP contribution in [-0.2, 0) is 4.74 Å². The van der Waals surface area contributed by atoms with E-state index in [0.29, 0.717) is 12.6 Å². The number of aliphatic hydroxyl groups excluding tert-OH is 1. The van der Waals surface area contributed by atoms with E-state index < -0.39 is 0 Å². The molecule has 1 aliphatic heterocycles. The molecule has 114 valence electrons. The van der Waals surface area contributed by atoms with Gasteiger partial charge in [0.05, 0.1) is 30.7 Å². The summed E-state index contributed by atoms with van der Waals surface area (Å²) in [5, 5.41) is 13.3. The van der Waals surface area contributed by atoms with Gasteiger partial charge in [0.2, 0.25) is 0 Å². The first kappa shape index (κ1) is 15.1. The largest absolute Gasteiger partial charge is 0.394 e. The van der Waals surface area contributed by atoms with Crippen molar-refractivity contribution in [2.45, 2.75) is 45.8 Å². The zero-order chi connectivity index (χ0) is 14.7. The van der Waals surface area contributed by atoms with Gasteiger partial charge in [-0.1, -0.05) is 0 Å². The van der Waals surface area contributed by atoms with Crippen LogP contribution in [0.3, 0.4) is 0 Å². The van der Waals surface area contributed by atoms with E-state index in [0.717, 1.165) is 43.1 Å². The van der Waals surface area contributed by atoms with Gasteiger partial charge in [-0.05, 0) is 33.6 Å². The van der Waals surface area contributed by atoms with Crippen LogP contribution in [0.2, 0.25) is 0 Å². The van der Waals surface area contributed by atoms with Gasteiger partial charge >= 0.3 is 0 Å². The normalized spacial score (nSPS) is 17.1. The standard InChI is InChI=1S/C14H26N4O2/c1-10(2)18-14(13(15)11(3)16-18)17-6-4-12(5-7-17)20-9-8-19/h10,12,19H,4-9,15H2,1-3H3. The minimum absolute atomic E-state index is 0.0898. The van der Waals surface area contributed by atoms with Crippen molar-refractivity contribution in [1.29, 1.82) is 0 Å². The Bertz CT molecular complexity index is 437. The van der Waals surface area contributed by atoms with E-state index in [2.05, 4.69) is 23.8 Å². The summed E-state index contributed by atoms with van der Waals surface area (Å²) in [5.74, 6) is 1.04. The molecule has 0 radical (unpaired) electrons. The zero-order valence-electron chi connectivity index (χ0n) is 12.7. The molecular formula is C14H26N4O2. The number of rotatable bonds is 5. The van der Waals surface area contributed by atoms with Gasteiger partial charge in [0, 0.05) is 19.1 Å². The molecule has 0 unspecified atom stereocenters. The number of hydrogen-bond donors (Lipinski definition) is 2. The van der Waals surface area contributed by atoms with E-state index >= 15 is 0 Å². The lowest BCUT2D eigenvalue weighted by molar-refractivity contribution is 0.0157. The van der Waals surface area contributed by atoms with E-state index in [4.69, 9.17) is 15.6 Å². The zero-order valence-corrected chi connectivity index (χ0v) is 12.7. The highest BCUT2D eigenvalue weighted by Crippen LogP contribution is 2.31. The summed E-state index contributed by atoms with van der Waals surface area (Å²) in [7, 11) is 0. The predicted octanol–water partition coefficient (Wildman–Crippen LogP) is 1.33. The Morgan fingerprint density at radius 3 is 2.60 bits per heavy atom. The van der Waals surface area contributed by atoms with Crippen LogP contribution in [-0.4, -0.2) is 47.3 Å². The van der Waals surface area contributed by atoms with Crippen molar-refractivity contribution in [2.75, 3.05) is 36.9 Å². The molecule has 6 heteroatoms. The predicted molar refractivity (Wildman–Crippen MR) is 80.0 cm³/mol. The molecular weight excluding hydrogens is 256 g/mol. The van der Waals surface area contributed by atoms with Crippen LogP contribution in [0.25, 0.3) is 0 Å². The Hall–Kier alpha value is -1.27. The second-order valence-corrected chi connectivity index (χ2v) is 5.64. The number of nitrogen functional groups attached to an aromatic ring is 1. The molecule has 0 atom stereocenters. The van der Waals surface area contributed by atoms with Gasteiger partial charge < -0.3 is 20.5 Å². The molecule has 1 aromatic rings. The number of ether oxygens (including phenoxy) is 1. The molecule has 2 heterocycles. The molecule has 2 rings (SSSR count).